The first-order chi connectivity index (χ1) is 13.4. The maximum absolute atomic E-state index is 17.0. The van der Waals surface area contributed by atoms with Gasteiger partial charge in [0.15, 0.2) is 11.6 Å². The highest BCUT2D eigenvalue weighted by Gasteiger charge is 2.74. The van der Waals surface area contributed by atoms with Crippen LogP contribution in [0, 0.1) is 28.6 Å². The van der Waals surface area contributed by atoms with E-state index in [1.807, 2.05) is 27.7 Å². The summed E-state index contributed by atoms with van der Waals surface area (Å²) in [5.74, 6) is -0.532. The second-order valence-corrected chi connectivity index (χ2v) is 11.0. The van der Waals surface area contributed by atoms with Gasteiger partial charge in [-0.2, -0.15) is 0 Å². The molecule has 0 amide bonds. The molecular formula is C24H35FO4. The Kier molecular flexibility index (Phi) is 4.72. The van der Waals surface area contributed by atoms with Gasteiger partial charge in [-0.15, -0.1) is 0 Å². The van der Waals surface area contributed by atoms with Gasteiger partial charge in [-0.1, -0.05) is 33.3 Å². The van der Waals surface area contributed by atoms with Crippen LogP contribution in [0.15, 0.2) is 11.6 Å². The van der Waals surface area contributed by atoms with E-state index in [1.165, 1.54) is 0 Å². The lowest BCUT2D eigenvalue weighted by atomic mass is 9.43. The standard InChI is InChI=1S/C24H35FO4/c1-14(2)11-19(27)23(29)10-8-17-18-6-5-15-12-16(26)7-9-21(15,3)24(18,25)20(28)13-22(17,23)4/h12,14,17-18,20,28-29H,5-11,13H2,1-4H3/t17-,18-,20-,21-,22-,23-,24-/m0/s1. The Hall–Kier alpha value is -1.07. The van der Waals surface area contributed by atoms with Crippen molar-refractivity contribution in [2.75, 3.05) is 0 Å². The van der Waals surface area contributed by atoms with E-state index >= 15 is 4.39 Å². The fourth-order valence-corrected chi connectivity index (χ4v) is 7.57. The molecule has 0 saturated heterocycles. The molecule has 0 aromatic carbocycles. The summed E-state index contributed by atoms with van der Waals surface area (Å²) in [6, 6.07) is 0. The predicted molar refractivity (Wildman–Crippen MR) is 108 cm³/mol. The molecule has 5 heteroatoms. The monoisotopic (exact) mass is 406 g/mol. The summed E-state index contributed by atoms with van der Waals surface area (Å²) in [6.45, 7) is 7.68. The molecule has 0 aromatic rings. The van der Waals surface area contributed by atoms with Crippen molar-refractivity contribution >= 4 is 11.6 Å². The zero-order chi connectivity index (χ0) is 21.4. The van der Waals surface area contributed by atoms with Crippen molar-refractivity contribution in [3.05, 3.63) is 11.6 Å². The number of alkyl halides is 1. The van der Waals surface area contributed by atoms with E-state index in [0.29, 0.717) is 44.9 Å². The van der Waals surface area contributed by atoms with Gasteiger partial charge >= 0.3 is 0 Å². The summed E-state index contributed by atoms with van der Waals surface area (Å²) in [5, 5.41) is 22.8. The Morgan fingerprint density at radius 1 is 1.21 bits per heavy atom. The van der Waals surface area contributed by atoms with Crippen LogP contribution < -0.4 is 0 Å². The third kappa shape index (κ3) is 2.56. The van der Waals surface area contributed by atoms with Crippen LogP contribution in [-0.2, 0) is 9.59 Å². The lowest BCUT2D eigenvalue weighted by Gasteiger charge is -2.63. The number of carbonyl (C=O) groups is 2. The molecule has 4 aliphatic rings. The van der Waals surface area contributed by atoms with Crippen molar-refractivity contribution < 1.29 is 24.2 Å². The molecule has 0 bridgehead atoms. The summed E-state index contributed by atoms with van der Waals surface area (Å²) < 4.78 is 17.0. The average molecular weight is 407 g/mol. The molecule has 4 nitrogen and oxygen atoms in total. The Labute approximate surface area is 172 Å². The molecule has 3 fully saturated rings. The number of Topliss-reactive ketones (excluding diaryl/α,β-unsaturated/α-hetero) is 1. The highest BCUT2D eigenvalue weighted by atomic mass is 19.1. The minimum atomic E-state index is -1.83. The van der Waals surface area contributed by atoms with Crippen LogP contribution in [-0.4, -0.2) is 39.2 Å². The summed E-state index contributed by atoms with van der Waals surface area (Å²) in [4.78, 5) is 25.0. The minimum absolute atomic E-state index is 0.0455. The van der Waals surface area contributed by atoms with E-state index in [2.05, 4.69) is 0 Å². The Bertz CT molecular complexity index is 775. The zero-order valence-electron chi connectivity index (χ0n) is 18.1. The molecule has 2 N–H and O–H groups in total. The number of carbonyl (C=O) groups excluding carboxylic acids is 2. The number of fused-ring (bicyclic) bond motifs is 5. The molecule has 29 heavy (non-hydrogen) atoms. The number of halogens is 1. The van der Waals surface area contributed by atoms with Crippen LogP contribution in [0.4, 0.5) is 4.39 Å². The second kappa shape index (κ2) is 6.46. The van der Waals surface area contributed by atoms with Crippen LogP contribution in [0.3, 0.4) is 0 Å². The topological polar surface area (TPSA) is 74.6 Å². The summed E-state index contributed by atoms with van der Waals surface area (Å²) >= 11 is 0. The van der Waals surface area contributed by atoms with Crippen LogP contribution in [0.25, 0.3) is 0 Å². The van der Waals surface area contributed by atoms with Gasteiger partial charge in [0.25, 0.3) is 0 Å². The van der Waals surface area contributed by atoms with Crippen molar-refractivity contribution in [1.82, 2.24) is 0 Å². The molecule has 0 radical (unpaired) electrons. The van der Waals surface area contributed by atoms with Crippen LogP contribution in [0.2, 0.25) is 0 Å². The number of allylic oxidation sites excluding steroid dienone is 1. The lowest BCUT2D eigenvalue weighted by molar-refractivity contribution is -0.226. The number of rotatable bonds is 3. The van der Waals surface area contributed by atoms with Crippen molar-refractivity contribution in [3.63, 3.8) is 0 Å². The molecule has 0 heterocycles. The third-order valence-electron chi connectivity index (χ3n) is 9.25. The van der Waals surface area contributed by atoms with Crippen molar-refractivity contribution in [3.8, 4) is 0 Å². The normalized spacial score (nSPS) is 49.3. The van der Waals surface area contributed by atoms with Gasteiger partial charge in [-0.25, -0.2) is 4.39 Å². The molecule has 0 unspecified atom stereocenters. The van der Waals surface area contributed by atoms with Gasteiger partial charge in [-0.3, -0.25) is 9.59 Å². The molecule has 0 spiro atoms. The molecule has 0 aromatic heterocycles. The summed E-state index contributed by atoms with van der Waals surface area (Å²) in [5.41, 5.74) is -4.16. The summed E-state index contributed by atoms with van der Waals surface area (Å²) in [6.07, 6.45) is 3.61. The fraction of sp³-hybridized carbons (Fsp3) is 0.833. The Morgan fingerprint density at radius 2 is 1.90 bits per heavy atom. The van der Waals surface area contributed by atoms with Crippen LogP contribution in [0.5, 0.6) is 0 Å². The Balaban J connectivity index is 1.75. The quantitative estimate of drug-likeness (QED) is 0.745. The third-order valence-corrected chi connectivity index (χ3v) is 9.25. The minimum Gasteiger partial charge on any atom is -0.390 e. The fourth-order valence-electron chi connectivity index (χ4n) is 7.57. The predicted octanol–water partition coefficient (Wildman–Crippen LogP) is 3.93. The smallest absolute Gasteiger partial charge is 0.165 e. The highest BCUT2D eigenvalue weighted by Crippen LogP contribution is 2.70. The zero-order valence-corrected chi connectivity index (χ0v) is 18.1. The Morgan fingerprint density at radius 3 is 2.55 bits per heavy atom. The number of aliphatic hydroxyl groups is 2. The molecular weight excluding hydrogens is 371 g/mol. The molecule has 3 saturated carbocycles. The van der Waals surface area contributed by atoms with Crippen LogP contribution in [0.1, 0.15) is 79.1 Å². The number of ketones is 2. The van der Waals surface area contributed by atoms with Gasteiger partial charge in [-0.05, 0) is 56.4 Å². The molecule has 0 aliphatic heterocycles. The van der Waals surface area contributed by atoms with E-state index in [1.54, 1.807) is 6.08 Å². The SMILES string of the molecule is CC(C)CC(=O)[C@@]1(O)CC[C@H]2[C@@H]3CCC4=CC(=O)CC[C@]4(C)[C@@]3(F)[C@@H](O)C[C@@]21C. The van der Waals surface area contributed by atoms with E-state index < -0.39 is 34.1 Å². The van der Waals surface area contributed by atoms with Gasteiger partial charge in [0.2, 0.25) is 0 Å². The lowest BCUT2D eigenvalue weighted by Crippen LogP contribution is -2.69. The maximum atomic E-state index is 17.0. The van der Waals surface area contributed by atoms with Gasteiger partial charge in [0.05, 0.1) is 6.10 Å². The number of hydrogen-bond donors (Lipinski definition) is 2. The molecule has 4 rings (SSSR count). The van der Waals surface area contributed by atoms with Crippen LogP contribution >= 0.6 is 0 Å². The van der Waals surface area contributed by atoms with E-state index in [9.17, 15) is 19.8 Å². The average Bonchev–Trinajstić information content (AvgIpc) is 2.89. The molecule has 162 valence electrons. The first-order valence-corrected chi connectivity index (χ1v) is 11.3. The van der Waals surface area contributed by atoms with Gasteiger partial charge in [0, 0.05) is 29.6 Å². The van der Waals surface area contributed by atoms with E-state index in [0.717, 1.165) is 5.57 Å². The van der Waals surface area contributed by atoms with E-state index in [-0.39, 0.29) is 29.8 Å². The summed E-state index contributed by atoms with van der Waals surface area (Å²) in [7, 11) is 0. The van der Waals surface area contributed by atoms with Crippen molar-refractivity contribution in [2.45, 2.75) is 96.4 Å². The molecule has 4 aliphatic carbocycles. The number of hydrogen-bond acceptors (Lipinski definition) is 4. The second-order valence-electron chi connectivity index (χ2n) is 11.0. The first kappa shape index (κ1) is 21.2. The first-order valence-electron chi connectivity index (χ1n) is 11.3. The number of aliphatic hydroxyl groups excluding tert-OH is 1. The van der Waals surface area contributed by atoms with E-state index in [4.69, 9.17) is 0 Å². The van der Waals surface area contributed by atoms with Gasteiger partial charge < -0.3 is 10.2 Å². The van der Waals surface area contributed by atoms with Crippen molar-refractivity contribution in [2.24, 2.45) is 28.6 Å². The van der Waals surface area contributed by atoms with Gasteiger partial charge in [0.1, 0.15) is 11.3 Å². The highest BCUT2D eigenvalue weighted by molar-refractivity contribution is 5.92. The molecule has 7 atom stereocenters. The maximum Gasteiger partial charge on any atom is 0.165 e. The van der Waals surface area contributed by atoms with Crippen molar-refractivity contribution in [1.29, 1.82) is 0 Å². The largest absolute Gasteiger partial charge is 0.390 e.